The van der Waals surface area contributed by atoms with Gasteiger partial charge in [-0.3, -0.25) is 0 Å². The normalized spacial score (nSPS) is 18.4. The van der Waals surface area contributed by atoms with Gasteiger partial charge >= 0.3 is 0 Å². The number of rotatable bonds is 3. The number of fused-ring (bicyclic) bond motifs is 1. The highest BCUT2D eigenvalue weighted by Gasteiger charge is 2.23. The molecule has 2 atom stereocenters. The smallest absolute Gasteiger partial charge is 0.119 e. The van der Waals surface area contributed by atoms with Gasteiger partial charge in [-0.15, -0.1) is 0 Å². The lowest BCUT2D eigenvalue weighted by Gasteiger charge is -2.21. The fourth-order valence-corrected chi connectivity index (χ4v) is 2.47. The van der Waals surface area contributed by atoms with Crippen LogP contribution in [-0.4, -0.2) is 6.10 Å². The molecule has 0 heterocycles. The van der Waals surface area contributed by atoms with Crippen LogP contribution in [0, 0.1) is 0 Å². The highest BCUT2D eigenvalue weighted by atomic mass is 16.5. The SMILES string of the molecule is CC(Oc1ccccc1)C1C=Cc2ccccc21. The Bertz CT molecular complexity index is 557. The lowest BCUT2D eigenvalue weighted by Crippen LogP contribution is -2.19. The molecule has 2 unspecified atom stereocenters. The summed E-state index contributed by atoms with van der Waals surface area (Å²) in [4.78, 5) is 0. The Labute approximate surface area is 108 Å². The first-order valence-electron chi connectivity index (χ1n) is 6.33. The van der Waals surface area contributed by atoms with Crippen LogP contribution in [0.5, 0.6) is 5.75 Å². The van der Waals surface area contributed by atoms with Gasteiger partial charge in [-0.25, -0.2) is 0 Å². The quantitative estimate of drug-likeness (QED) is 0.773. The van der Waals surface area contributed by atoms with Gasteiger partial charge in [0.25, 0.3) is 0 Å². The van der Waals surface area contributed by atoms with Crippen LogP contribution >= 0.6 is 0 Å². The van der Waals surface area contributed by atoms with E-state index in [1.54, 1.807) is 0 Å². The number of hydrogen-bond acceptors (Lipinski definition) is 1. The van der Waals surface area contributed by atoms with Gasteiger partial charge in [0.2, 0.25) is 0 Å². The minimum atomic E-state index is 0.146. The molecule has 0 saturated carbocycles. The summed E-state index contributed by atoms with van der Waals surface area (Å²) in [6, 6.07) is 18.5. The molecule has 1 nitrogen and oxygen atoms in total. The van der Waals surface area contributed by atoms with Crippen molar-refractivity contribution in [1.29, 1.82) is 0 Å². The van der Waals surface area contributed by atoms with E-state index < -0.39 is 0 Å². The first kappa shape index (κ1) is 11.1. The largest absolute Gasteiger partial charge is 0.490 e. The zero-order valence-corrected chi connectivity index (χ0v) is 10.4. The topological polar surface area (TPSA) is 9.23 Å². The maximum absolute atomic E-state index is 6.00. The molecule has 0 aliphatic heterocycles. The van der Waals surface area contributed by atoms with E-state index in [1.807, 2.05) is 30.3 Å². The van der Waals surface area contributed by atoms with Gasteiger partial charge < -0.3 is 4.74 Å². The number of hydrogen-bond donors (Lipinski definition) is 0. The lowest BCUT2D eigenvalue weighted by atomic mass is 9.96. The fourth-order valence-electron chi connectivity index (χ4n) is 2.47. The van der Waals surface area contributed by atoms with E-state index in [0.29, 0.717) is 5.92 Å². The molecule has 0 aromatic heterocycles. The summed E-state index contributed by atoms with van der Waals surface area (Å²) in [5.74, 6) is 1.28. The summed E-state index contributed by atoms with van der Waals surface area (Å²) >= 11 is 0. The molecule has 1 aliphatic carbocycles. The second-order valence-corrected chi connectivity index (χ2v) is 4.65. The van der Waals surface area contributed by atoms with Gasteiger partial charge in [0, 0.05) is 5.92 Å². The maximum Gasteiger partial charge on any atom is 0.119 e. The maximum atomic E-state index is 6.00. The van der Waals surface area contributed by atoms with Crippen molar-refractivity contribution in [3.63, 3.8) is 0 Å². The molecule has 2 aromatic carbocycles. The Morgan fingerprint density at radius 2 is 1.67 bits per heavy atom. The highest BCUT2D eigenvalue weighted by Crippen LogP contribution is 2.33. The van der Waals surface area contributed by atoms with Crippen LogP contribution in [-0.2, 0) is 0 Å². The first-order valence-corrected chi connectivity index (χ1v) is 6.33. The average molecular weight is 236 g/mol. The van der Waals surface area contributed by atoms with E-state index >= 15 is 0 Å². The van der Waals surface area contributed by atoms with Crippen molar-refractivity contribution in [3.8, 4) is 5.75 Å². The molecule has 0 N–H and O–H groups in total. The van der Waals surface area contributed by atoms with Crippen molar-refractivity contribution in [2.75, 3.05) is 0 Å². The fraction of sp³-hybridized carbons (Fsp3) is 0.176. The molecular formula is C17H16O. The van der Waals surface area contributed by atoms with Gasteiger partial charge in [0.05, 0.1) is 0 Å². The molecule has 0 spiro atoms. The van der Waals surface area contributed by atoms with Crippen molar-refractivity contribution in [1.82, 2.24) is 0 Å². The number of para-hydroxylation sites is 1. The van der Waals surface area contributed by atoms with Crippen LogP contribution in [0.1, 0.15) is 24.0 Å². The van der Waals surface area contributed by atoms with E-state index in [-0.39, 0.29) is 6.10 Å². The molecule has 2 aromatic rings. The molecule has 0 saturated heterocycles. The van der Waals surface area contributed by atoms with Gasteiger partial charge in [0.1, 0.15) is 11.9 Å². The number of ether oxygens (including phenoxy) is 1. The summed E-state index contributed by atoms with van der Waals surface area (Å²) in [6.07, 6.45) is 4.57. The molecule has 0 radical (unpaired) electrons. The number of benzene rings is 2. The molecule has 90 valence electrons. The monoisotopic (exact) mass is 236 g/mol. The van der Waals surface area contributed by atoms with Crippen molar-refractivity contribution in [2.24, 2.45) is 0 Å². The summed E-state index contributed by atoms with van der Waals surface area (Å²) < 4.78 is 6.00. The Kier molecular flexibility index (Phi) is 2.89. The summed E-state index contributed by atoms with van der Waals surface area (Å²) in [7, 11) is 0. The van der Waals surface area contributed by atoms with Gasteiger partial charge in [-0.2, -0.15) is 0 Å². The van der Waals surface area contributed by atoms with Crippen LogP contribution in [0.2, 0.25) is 0 Å². The highest BCUT2D eigenvalue weighted by molar-refractivity contribution is 5.62. The summed E-state index contributed by atoms with van der Waals surface area (Å²) in [5, 5.41) is 0. The minimum Gasteiger partial charge on any atom is -0.490 e. The molecule has 1 aliphatic rings. The summed E-state index contributed by atoms with van der Waals surface area (Å²) in [5.41, 5.74) is 2.67. The third kappa shape index (κ3) is 2.04. The van der Waals surface area contributed by atoms with E-state index in [1.165, 1.54) is 11.1 Å². The van der Waals surface area contributed by atoms with E-state index in [2.05, 4.69) is 43.3 Å². The van der Waals surface area contributed by atoms with Crippen molar-refractivity contribution >= 4 is 6.08 Å². The predicted octanol–water partition coefficient (Wildman–Crippen LogP) is 4.26. The summed E-state index contributed by atoms with van der Waals surface area (Å²) in [6.45, 7) is 2.13. The van der Waals surface area contributed by atoms with Gasteiger partial charge in [-0.05, 0) is 30.2 Å². The molecule has 0 bridgehead atoms. The Balaban J connectivity index is 1.79. The molecule has 18 heavy (non-hydrogen) atoms. The van der Waals surface area contributed by atoms with Crippen LogP contribution in [0.15, 0.2) is 60.7 Å². The third-order valence-electron chi connectivity index (χ3n) is 3.41. The van der Waals surface area contributed by atoms with Crippen molar-refractivity contribution in [3.05, 3.63) is 71.8 Å². The first-order chi connectivity index (χ1) is 8.84. The van der Waals surface area contributed by atoms with Crippen molar-refractivity contribution in [2.45, 2.75) is 18.9 Å². The average Bonchev–Trinajstić information content (AvgIpc) is 2.84. The minimum absolute atomic E-state index is 0.146. The van der Waals surface area contributed by atoms with E-state index in [9.17, 15) is 0 Å². The van der Waals surface area contributed by atoms with Gasteiger partial charge in [-0.1, -0.05) is 54.6 Å². The van der Waals surface area contributed by atoms with Crippen LogP contribution in [0.25, 0.3) is 6.08 Å². The van der Waals surface area contributed by atoms with Crippen LogP contribution in [0.3, 0.4) is 0 Å². The van der Waals surface area contributed by atoms with E-state index in [0.717, 1.165) is 5.75 Å². The van der Waals surface area contributed by atoms with Gasteiger partial charge in [0.15, 0.2) is 0 Å². The zero-order chi connectivity index (χ0) is 12.4. The predicted molar refractivity (Wildman–Crippen MR) is 74.7 cm³/mol. The Morgan fingerprint density at radius 1 is 0.944 bits per heavy atom. The van der Waals surface area contributed by atoms with E-state index in [4.69, 9.17) is 4.74 Å². The molecular weight excluding hydrogens is 220 g/mol. The molecule has 1 heteroatoms. The lowest BCUT2D eigenvalue weighted by molar-refractivity contribution is 0.206. The standard InChI is InChI=1S/C17H16O/c1-13(18-15-8-3-2-4-9-15)16-12-11-14-7-5-6-10-17(14)16/h2-13,16H,1H3. The van der Waals surface area contributed by atoms with Crippen molar-refractivity contribution < 1.29 is 4.74 Å². The molecule has 3 rings (SSSR count). The molecule has 0 amide bonds. The third-order valence-corrected chi connectivity index (χ3v) is 3.41. The Hall–Kier alpha value is -2.02. The Morgan fingerprint density at radius 3 is 2.50 bits per heavy atom. The second kappa shape index (κ2) is 4.69. The van der Waals surface area contributed by atoms with Crippen LogP contribution < -0.4 is 4.74 Å². The molecule has 0 fully saturated rings. The zero-order valence-electron chi connectivity index (χ0n) is 10.4. The van der Waals surface area contributed by atoms with Crippen LogP contribution in [0.4, 0.5) is 0 Å². The second-order valence-electron chi connectivity index (χ2n) is 4.65.